The fourth-order valence-electron chi connectivity index (χ4n) is 5.07. The molecule has 2 aliphatic heterocycles. The lowest BCUT2D eigenvalue weighted by Crippen LogP contribution is -2.50. The Morgan fingerprint density at radius 2 is 1.47 bits per heavy atom. The second-order valence-corrected chi connectivity index (χ2v) is 9.56. The zero-order chi connectivity index (χ0) is 23.5. The van der Waals surface area contributed by atoms with Crippen LogP contribution in [0.3, 0.4) is 0 Å². The lowest BCUT2D eigenvalue weighted by Gasteiger charge is -2.34. The molecule has 34 heavy (non-hydrogen) atoms. The van der Waals surface area contributed by atoms with Gasteiger partial charge in [-0.15, -0.1) is 0 Å². The first-order chi connectivity index (χ1) is 16.5. The molecule has 4 atom stereocenters. The number of ether oxygens (including phenoxy) is 2. The SMILES string of the molecule is CC1(C)O[C@@H]2[C@@H](O1)[C@@H](Cc1ccccc1)NC(=O)N(Cc1cccnc1)[C@@H]2Cc1ccccc1. The maximum absolute atomic E-state index is 13.7. The smallest absolute Gasteiger partial charge is 0.318 e. The normalized spacial score (nSPS) is 25.9. The van der Waals surface area contributed by atoms with Gasteiger partial charge in [-0.3, -0.25) is 4.98 Å². The number of carbonyl (C=O) groups is 1. The van der Waals surface area contributed by atoms with Crippen molar-refractivity contribution in [2.24, 2.45) is 0 Å². The van der Waals surface area contributed by atoms with Gasteiger partial charge in [-0.2, -0.15) is 0 Å². The van der Waals surface area contributed by atoms with E-state index in [1.54, 1.807) is 6.20 Å². The molecule has 2 saturated heterocycles. The summed E-state index contributed by atoms with van der Waals surface area (Å²) in [6, 6.07) is 23.9. The highest BCUT2D eigenvalue weighted by molar-refractivity contribution is 5.76. The summed E-state index contributed by atoms with van der Waals surface area (Å²) in [5.41, 5.74) is 3.29. The van der Waals surface area contributed by atoms with Crippen molar-refractivity contribution in [2.75, 3.05) is 0 Å². The van der Waals surface area contributed by atoms with Crippen molar-refractivity contribution < 1.29 is 14.3 Å². The molecule has 176 valence electrons. The summed E-state index contributed by atoms with van der Waals surface area (Å²) in [5, 5.41) is 3.28. The first-order valence-electron chi connectivity index (χ1n) is 11.9. The van der Waals surface area contributed by atoms with Gasteiger partial charge < -0.3 is 19.7 Å². The molecule has 0 radical (unpaired) electrons. The minimum Gasteiger partial charge on any atom is -0.342 e. The van der Waals surface area contributed by atoms with Crippen molar-refractivity contribution in [3.05, 3.63) is 102 Å². The van der Waals surface area contributed by atoms with Crippen molar-refractivity contribution in [1.82, 2.24) is 15.2 Å². The number of nitrogens with one attached hydrogen (secondary N) is 1. The zero-order valence-electron chi connectivity index (χ0n) is 19.6. The standard InChI is InChI=1S/C28H31N3O3/c1-28(2)33-25-23(16-20-10-5-3-6-11-20)30-27(32)31(19-22-14-9-15-29-18-22)24(26(25)34-28)17-21-12-7-4-8-13-21/h3-15,18,23-26H,16-17,19H2,1-2H3,(H,30,32)/t23-,24-,25+,26+/m1/s1. The molecule has 0 unspecified atom stereocenters. The van der Waals surface area contributed by atoms with Gasteiger partial charge in [0.25, 0.3) is 0 Å². The highest BCUT2D eigenvalue weighted by atomic mass is 16.8. The molecule has 1 aromatic heterocycles. The van der Waals surface area contributed by atoms with E-state index in [4.69, 9.17) is 9.47 Å². The Morgan fingerprint density at radius 3 is 2.12 bits per heavy atom. The Morgan fingerprint density at radius 1 is 0.853 bits per heavy atom. The molecular weight excluding hydrogens is 426 g/mol. The Bertz CT molecular complexity index is 1090. The third kappa shape index (κ3) is 4.98. The number of amides is 2. The van der Waals surface area contributed by atoms with Crippen LogP contribution in [-0.4, -0.2) is 46.0 Å². The van der Waals surface area contributed by atoms with Gasteiger partial charge in [0.05, 0.1) is 12.1 Å². The molecule has 1 N–H and O–H groups in total. The molecule has 0 spiro atoms. The van der Waals surface area contributed by atoms with Crippen LogP contribution in [0.4, 0.5) is 4.79 Å². The molecule has 6 nitrogen and oxygen atoms in total. The molecular formula is C28H31N3O3. The molecule has 2 aliphatic rings. The summed E-state index contributed by atoms with van der Waals surface area (Å²) in [4.78, 5) is 19.8. The molecule has 3 heterocycles. The van der Waals surface area contributed by atoms with Crippen LogP contribution in [0.15, 0.2) is 85.2 Å². The van der Waals surface area contributed by atoms with Gasteiger partial charge in [0.1, 0.15) is 12.2 Å². The topological polar surface area (TPSA) is 63.7 Å². The van der Waals surface area contributed by atoms with Gasteiger partial charge in [-0.05, 0) is 49.4 Å². The number of nitrogens with zero attached hydrogens (tertiary/aromatic N) is 2. The van der Waals surface area contributed by atoms with Crippen molar-refractivity contribution in [3.8, 4) is 0 Å². The van der Waals surface area contributed by atoms with Gasteiger partial charge >= 0.3 is 6.03 Å². The van der Waals surface area contributed by atoms with Crippen LogP contribution in [0.1, 0.15) is 30.5 Å². The number of fused-ring (bicyclic) bond motifs is 1. The third-order valence-corrected chi connectivity index (χ3v) is 6.57. The molecule has 5 rings (SSSR count). The average molecular weight is 458 g/mol. The number of hydrogen-bond donors (Lipinski definition) is 1. The molecule has 0 saturated carbocycles. The maximum Gasteiger partial charge on any atom is 0.318 e. The predicted octanol–water partition coefficient (Wildman–Crippen LogP) is 4.35. The van der Waals surface area contributed by atoms with Crippen molar-refractivity contribution in [1.29, 1.82) is 0 Å². The minimum absolute atomic E-state index is 0.106. The van der Waals surface area contributed by atoms with Crippen LogP contribution >= 0.6 is 0 Å². The lowest BCUT2D eigenvalue weighted by atomic mass is 9.91. The molecule has 0 bridgehead atoms. The van der Waals surface area contributed by atoms with E-state index < -0.39 is 5.79 Å². The zero-order valence-corrected chi connectivity index (χ0v) is 19.6. The van der Waals surface area contributed by atoms with Crippen molar-refractivity contribution >= 4 is 6.03 Å². The lowest BCUT2D eigenvalue weighted by molar-refractivity contribution is -0.154. The van der Waals surface area contributed by atoms with Gasteiger partial charge in [0, 0.05) is 18.9 Å². The number of aromatic nitrogens is 1. The van der Waals surface area contributed by atoms with E-state index in [-0.39, 0.29) is 30.3 Å². The quantitative estimate of drug-likeness (QED) is 0.598. The maximum atomic E-state index is 13.7. The summed E-state index contributed by atoms with van der Waals surface area (Å²) < 4.78 is 13.0. The number of carbonyl (C=O) groups excluding carboxylic acids is 1. The van der Waals surface area contributed by atoms with E-state index in [1.165, 1.54) is 0 Å². The Hall–Kier alpha value is -3.22. The van der Waals surface area contributed by atoms with Crippen LogP contribution in [0.5, 0.6) is 0 Å². The van der Waals surface area contributed by atoms with E-state index in [9.17, 15) is 4.79 Å². The fraction of sp³-hybridized carbons (Fsp3) is 0.357. The van der Waals surface area contributed by atoms with Gasteiger partial charge in [-0.25, -0.2) is 4.79 Å². The van der Waals surface area contributed by atoms with Crippen LogP contribution < -0.4 is 5.32 Å². The summed E-state index contributed by atoms with van der Waals surface area (Å²) in [6.07, 6.45) is 4.35. The summed E-state index contributed by atoms with van der Waals surface area (Å²) >= 11 is 0. The second-order valence-electron chi connectivity index (χ2n) is 9.56. The molecule has 2 amide bonds. The van der Waals surface area contributed by atoms with Crippen molar-refractivity contribution in [3.63, 3.8) is 0 Å². The summed E-state index contributed by atoms with van der Waals surface area (Å²) in [5.74, 6) is -0.735. The highest BCUT2D eigenvalue weighted by Gasteiger charge is 2.53. The Labute approximate surface area is 200 Å². The first-order valence-corrected chi connectivity index (χ1v) is 11.9. The highest BCUT2D eigenvalue weighted by Crippen LogP contribution is 2.37. The number of benzene rings is 2. The summed E-state index contributed by atoms with van der Waals surface area (Å²) in [6.45, 7) is 4.35. The van der Waals surface area contributed by atoms with Crippen LogP contribution in [0, 0.1) is 0 Å². The van der Waals surface area contributed by atoms with Gasteiger partial charge in [-0.1, -0.05) is 66.7 Å². The number of rotatable bonds is 6. The predicted molar refractivity (Wildman–Crippen MR) is 130 cm³/mol. The van der Waals surface area contributed by atoms with E-state index in [0.29, 0.717) is 19.4 Å². The van der Waals surface area contributed by atoms with Crippen LogP contribution in [0.25, 0.3) is 0 Å². The Kier molecular flexibility index (Phi) is 6.35. The molecule has 2 aromatic carbocycles. The van der Waals surface area contributed by atoms with Gasteiger partial charge in [0.2, 0.25) is 0 Å². The van der Waals surface area contributed by atoms with E-state index in [1.807, 2.05) is 73.5 Å². The van der Waals surface area contributed by atoms with Crippen molar-refractivity contribution in [2.45, 2.75) is 63.3 Å². The van der Waals surface area contributed by atoms with E-state index >= 15 is 0 Å². The minimum atomic E-state index is -0.735. The van der Waals surface area contributed by atoms with Crippen LogP contribution in [0.2, 0.25) is 0 Å². The molecule has 3 aromatic rings. The van der Waals surface area contributed by atoms with Crippen LogP contribution in [-0.2, 0) is 28.9 Å². The average Bonchev–Trinajstić information content (AvgIpc) is 3.14. The summed E-state index contributed by atoms with van der Waals surface area (Å²) in [7, 11) is 0. The molecule has 6 heteroatoms. The second kappa shape index (κ2) is 9.57. The largest absolute Gasteiger partial charge is 0.342 e. The number of pyridine rings is 1. The number of urea groups is 1. The third-order valence-electron chi connectivity index (χ3n) is 6.57. The fourth-order valence-corrected chi connectivity index (χ4v) is 5.07. The van der Waals surface area contributed by atoms with Gasteiger partial charge in [0.15, 0.2) is 5.79 Å². The monoisotopic (exact) mass is 457 g/mol. The molecule has 0 aliphatic carbocycles. The van der Waals surface area contributed by atoms with E-state index in [2.05, 4.69) is 34.6 Å². The molecule has 2 fully saturated rings. The first kappa shape index (κ1) is 22.6. The Balaban J connectivity index is 1.52. The number of hydrogen-bond acceptors (Lipinski definition) is 4. The van der Waals surface area contributed by atoms with E-state index in [0.717, 1.165) is 16.7 Å².